The van der Waals surface area contributed by atoms with Gasteiger partial charge in [-0.25, -0.2) is 4.98 Å². The number of halogens is 2. The number of carbonyl (C=O) groups is 1. The van der Waals surface area contributed by atoms with Crippen LogP contribution in [-0.2, 0) is 6.54 Å². The third-order valence-electron chi connectivity index (χ3n) is 3.19. The Bertz CT molecular complexity index is 601. The Hall–Kier alpha value is -1.72. The maximum Gasteiger partial charge on any atom is 0.251 e. The van der Waals surface area contributed by atoms with Gasteiger partial charge in [-0.3, -0.25) is 4.79 Å². The van der Waals surface area contributed by atoms with Crippen LogP contribution in [0.1, 0.15) is 23.1 Å². The lowest BCUT2D eigenvalue weighted by Gasteiger charge is -2.14. The monoisotopic (exact) mass is 344 g/mol. The number of anilines is 1. The second kappa shape index (κ2) is 9.33. The van der Waals surface area contributed by atoms with E-state index in [9.17, 15) is 4.79 Å². The van der Waals surface area contributed by atoms with Crippen LogP contribution in [0.5, 0.6) is 0 Å². The Morgan fingerprint density at radius 2 is 2.14 bits per heavy atom. The van der Waals surface area contributed by atoms with Crippen molar-refractivity contribution >= 4 is 36.4 Å². The second-order valence-corrected chi connectivity index (χ2v) is 5.07. The number of nitrogen functional groups attached to an aromatic ring is 1. The van der Waals surface area contributed by atoms with E-state index < -0.39 is 0 Å². The molecule has 1 atom stereocenters. The summed E-state index contributed by atoms with van der Waals surface area (Å²) < 4.78 is 2.08. The zero-order valence-corrected chi connectivity index (χ0v) is 14.3. The van der Waals surface area contributed by atoms with Crippen LogP contribution in [0, 0.1) is 12.8 Å². The number of hydrogen-bond donors (Lipinski definition) is 2. The van der Waals surface area contributed by atoms with Crippen LogP contribution >= 0.6 is 24.8 Å². The van der Waals surface area contributed by atoms with E-state index in [0.717, 1.165) is 12.4 Å². The number of aromatic nitrogens is 2. The van der Waals surface area contributed by atoms with Gasteiger partial charge in [0.05, 0.1) is 0 Å². The van der Waals surface area contributed by atoms with Gasteiger partial charge < -0.3 is 15.6 Å². The first kappa shape index (κ1) is 20.3. The summed E-state index contributed by atoms with van der Waals surface area (Å²) in [4.78, 5) is 16.2. The van der Waals surface area contributed by atoms with Gasteiger partial charge in [-0.1, -0.05) is 13.0 Å². The highest BCUT2D eigenvalue weighted by Gasteiger charge is 2.09. The Morgan fingerprint density at radius 3 is 2.73 bits per heavy atom. The van der Waals surface area contributed by atoms with E-state index in [-0.39, 0.29) is 30.7 Å². The first-order chi connectivity index (χ1) is 9.56. The Morgan fingerprint density at radius 1 is 1.41 bits per heavy atom. The third kappa shape index (κ3) is 5.58. The predicted molar refractivity (Wildman–Crippen MR) is 93.8 cm³/mol. The van der Waals surface area contributed by atoms with Crippen LogP contribution < -0.4 is 11.1 Å². The largest absolute Gasteiger partial charge is 0.399 e. The van der Waals surface area contributed by atoms with Gasteiger partial charge in [-0.2, -0.15) is 0 Å². The molecule has 0 radical (unpaired) electrons. The Labute approximate surface area is 143 Å². The minimum atomic E-state index is -0.0912. The first-order valence-electron chi connectivity index (χ1n) is 6.67. The lowest BCUT2D eigenvalue weighted by molar-refractivity contribution is 0.0947. The standard InChI is InChI=1S/C15H20N4O.2ClH/c1-11(10-19-7-6-17-12(19)2)9-18-15(20)13-4-3-5-14(16)8-13;;/h3-8,11H,9-10,16H2,1-2H3,(H,18,20);2*1H. The van der Waals surface area contributed by atoms with Crippen molar-refractivity contribution in [1.29, 1.82) is 0 Å². The highest BCUT2D eigenvalue weighted by atomic mass is 35.5. The number of hydrogen-bond acceptors (Lipinski definition) is 3. The van der Waals surface area contributed by atoms with E-state index in [1.807, 2.05) is 13.1 Å². The summed E-state index contributed by atoms with van der Waals surface area (Å²) in [6.07, 6.45) is 3.74. The average molecular weight is 345 g/mol. The number of benzene rings is 1. The predicted octanol–water partition coefficient (Wildman–Crippen LogP) is 2.68. The van der Waals surface area contributed by atoms with Gasteiger partial charge in [0.2, 0.25) is 0 Å². The molecule has 0 saturated heterocycles. The van der Waals surface area contributed by atoms with Gasteiger partial charge in [-0.05, 0) is 31.0 Å². The van der Waals surface area contributed by atoms with Crippen molar-refractivity contribution in [2.45, 2.75) is 20.4 Å². The molecule has 5 nitrogen and oxygen atoms in total. The molecule has 7 heteroatoms. The summed E-state index contributed by atoms with van der Waals surface area (Å²) in [6.45, 7) is 5.52. The van der Waals surface area contributed by atoms with E-state index in [1.165, 1.54) is 0 Å². The van der Waals surface area contributed by atoms with Crippen molar-refractivity contribution in [2.75, 3.05) is 12.3 Å². The molecule has 0 saturated carbocycles. The molecule has 2 rings (SSSR count). The van der Waals surface area contributed by atoms with Gasteiger partial charge in [0.1, 0.15) is 5.82 Å². The molecule has 1 heterocycles. The van der Waals surface area contributed by atoms with Crippen LogP contribution in [0.3, 0.4) is 0 Å². The molecule has 122 valence electrons. The van der Waals surface area contributed by atoms with Crippen LogP contribution in [0.2, 0.25) is 0 Å². The van der Waals surface area contributed by atoms with Gasteiger partial charge >= 0.3 is 0 Å². The SMILES string of the molecule is Cc1nccn1CC(C)CNC(=O)c1cccc(N)c1.Cl.Cl. The average Bonchev–Trinajstić information content (AvgIpc) is 2.81. The zero-order chi connectivity index (χ0) is 14.5. The molecule has 0 aliphatic rings. The van der Waals surface area contributed by atoms with Crippen molar-refractivity contribution < 1.29 is 4.79 Å². The van der Waals surface area contributed by atoms with Gasteiger partial charge in [-0.15, -0.1) is 24.8 Å². The van der Waals surface area contributed by atoms with Crippen LogP contribution in [0.25, 0.3) is 0 Å². The van der Waals surface area contributed by atoms with Crippen LogP contribution in [0.15, 0.2) is 36.7 Å². The Balaban J connectivity index is 0.00000220. The van der Waals surface area contributed by atoms with Gasteiger partial charge in [0.25, 0.3) is 5.91 Å². The summed E-state index contributed by atoms with van der Waals surface area (Å²) in [7, 11) is 0. The minimum Gasteiger partial charge on any atom is -0.399 e. The molecule has 1 amide bonds. The lowest BCUT2D eigenvalue weighted by atomic mass is 10.1. The minimum absolute atomic E-state index is 0. The molecule has 0 spiro atoms. The van der Waals surface area contributed by atoms with Crippen molar-refractivity contribution in [2.24, 2.45) is 5.92 Å². The molecule has 1 unspecified atom stereocenters. The van der Waals surface area contributed by atoms with E-state index in [2.05, 4.69) is 21.8 Å². The molecule has 0 aliphatic carbocycles. The van der Waals surface area contributed by atoms with Crippen molar-refractivity contribution in [3.05, 3.63) is 48.0 Å². The van der Waals surface area contributed by atoms with E-state index in [4.69, 9.17) is 5.73 Å². The smallest absolute Gasteiger partial charge is 0.251 e. The highest BCUT2D eigenvalue weighted by Crippen LogP contribution is 2.07. The highest BCUT2D eigenvalue weighted by molar-refractivity contribution is 5.94. The maximum atomic E-state index is 12.0. The summed E-state index contributed by atoms with van der Waals surface area (Å²) >= 11 is 0. The number of rotatable bonds is 5. The molecule has 1 aromatic carbocycles. The van der Waals surface area contributed by atoms with Crippen LogP contribution in [0.4, 0.5) is 5.69 Å². The molecule has 3 N–H and O–H groups in total. The summed E-state index contributed by atoms with van der Waals surface area (Å²) in [5.41, 5.74) is 6.86. The molecule has 0 fully saturated rings. The third-order valence-corrected chi connectivity index (χ3v) is 3.19. The maximum absolute atomic E-state index is 12.0. The fourth-order valence-corrected chi connectivity index (χ4v) is 2.05. The Kier molecular flexibility index (Phi) is 8.60. The zero-order valence-electron chi connectivity index (χ0n) is 12.7. The van der Waals surface area contributed by atoms with Gasteiger partial charge in [0.15, 0.2) is 0 Å². The van der Waals surface area contributed by atoms with Crippen molar-refractivity contribution in [3.63, 3.8) is 0 Å². The van der Waals surface area contributed by atoms with E-state index >= 15 is 0 Å². The fraction of sp³-hybridized carbons (Fsp3) is 0.333. The lowest BCUT2D eigenvalue weighted by Crippen LogP contribution is -2.30. The number of nitrogens with two attached hydrogens (primary N) is 1. The summed E-state index contributed by atoms with van der Waals surface area (Å²) in [5.74, 6) is 1.22. The molecule has 0 aliphatic heterocycles. The summed E-state index contributed by atoms with van der Waals surface area (Å²) in [5, 5.41) is 2.93. The molecule has 22 heavy (non-hydrogen) atoms. The van der Waals surface area contributed by atoms with E-state index in [1.54, 1.807) is 30.5 Å². The number of imidazole rings is 1. The van der Waals surface area contributed by atoms with Crippen molar-refractivity contribution in [1.82, 2.24) is 14.9 Å². The topological polar surface area (TPSA) is 72.9 Å². The molecular formula is C15H22Cl2N4O. The summed E-state index contributed by atoms with van der Waals surface area (Å²) in [6, 6.07) is 6.99. The molecule has 0 bridgehead atoms. The normalized spacial score (nSPS) is 11.0. The molecule has 1 aromatic heterocycles. The number of aryl methyl sites for hydroxylation is 1. The molecule has 2 aromatic rings. The van der Waals surface area contributed by atoms with Crippen LogP contribution in [-0.4, -0.2) is 22.0 Å². The number of amides is 1. The fourth-order valence-electron chi connectivity index (χ4n) is 2.05. The number of carbonyl (C=O) groups excluding carboxylic acids is 1. The van der Waals surface area contributed by atoms with Gasteiger partial charge in [0, 0.05) is 36.7 Å². The second-order valence-electron chi connectivity index (χ2n) is 5.07. The molecular weight excluding hydrogens is 323 g/mol. The number of nitrogens with one attached hydrogen (secondary N) is 1. The van der Waals surface area contributed by atoms with E-state index in [0.29, 0.717) is 23.7 Å². The quantitative estimate of drug-likeness (QED) is 0.819. The first-order valence-corrected chi connectivity index (χ1v) is 6.67. The van der Waals surface area contributed by atoms with Crippen molar-refractivity contribution in [3.8, 4) is 0 Å². The number of nitrogens with zero attached hydrogens (tertiary/aromatic N) is 2.